The van der Waals surface area contributed by atoms with Crippen LogP contribution in [-0.2, 0) is 0 Å². The van der Waals surface area contributed by atoms with Gasteiger partial charge < -0.3 is 10.5 Å². The minimum atomic E-state index is -4.87. The largest absolute Gasteiger partial charge is 0.573 e. The summed E-state index contributed by atoms with van der Waals surface area (Å²) >= 11 is 0. The molecule has 0 radical (unpaired) electrons. The number of carbonyl (C=O) groups excluding carboxylic acids is 1. The van der Waals surface area contributed by atoms with Crippen molar-refractivity contribution < 1.29 is 22.7 Å². The second-order valence-electron chi connectivity index (χ2n) is 3.81. The molecular weight excluding hydrogens is 273 g/mol. The van der Waals surface area contributed by atoms with Crippen molar-refractivity contribution in [1.29, 1.82) is 0 Å². The van der Waals surface area contributed by atoms with Gasteiger partial charge in [0.25, 0.3) is 0 Å². The summed E-state index contributed by atoms with van der Waals surface area (Å²) in [4.78, 5) is 15.9. The smallest absolute Gasteiger partial charge is 0.404 e. The number of hydrogen-bond acceptors (Lipinski definition) is 4. The summed E-state index contributed by atoms with van der Waals surface area (Å²) in [6.07, 6.45) is -3.47. The van der Waals surface area contributed by atoms with Crippen molar-refractivity contribution in [2.45, 2.75) is 6.36 Å². The second-order valence-corrected chi connectivity index (χ2v) is 3.81. The lowest BCUT2D eigenvalue weighted by atomic mass is 10.1. The number of benzene rings is 1. The molecule has 7 heteroatoms. The lowest BCUT2D eigenvalue weighted by molar-refractivity contribution is -0.274. The van der Waals surface area contributed by atoms with Gasteiger partial charge in [0, 0.05) is 6.20 Å². The summed E-state index contributed by atoms with van der Waals surface area (Å²) < 4.78 is 40.4. The van der Waals surface area contributed by atoms with E-state index in [4.69, 9.17) is 5.73 Å². The zero-order chi connectivity index (χ0) is 14.8. The van der Waals surface area contributed by atoms with Crippen LogP contribution in [-0.4, -0.2) is 17.1 Å². The van der Waals surface area contributed by atoms with Crippen molar-refractivity contribution in [3.05, 3.63) is 53.9 Å². The van der Waals surface area contributed by atoms with Crippen LogP contribution in [0.1, 0.15) is 16.1 Å². The number of carbonyl (C=O) groups is 1. The molecule has 1 aromatic carbocycles. The number of nitrogens with zero attached hydrogens (tertiary/aromatic N) is 1. The Kier molecular flexibility index (Phi) is 3.60. The highest BCUT2D eigenvalue weighted by Gasteiger charge is 2.32. The van der Waals surface area contributed by atoms with Gasteiger partial charge in [0.15, 0.2) is 5.75 Å². The molecule has 0 aliphatic heterocycles. The molecule has 0 unspecified atom stereocenters. The van der Waals surface area contributed by atoms with Gasteiger partial charge in [-0.25, -0.2) is 0 Å². The first-order valence-corrected chi connectivity index (χ1v) is 5.48. The standard InChI is InChI=1S/C13H9F3N2O2/c14-13(15,16)20-10-6-3-4-8(11(10)17)12(19)9-5-1-2-7-18-9/h1-7H,17H2. The molecule has 0 aliphatic carbocycles. The average Bonchev–Trinajstić information content (AvgIpc) is 2.40. The summed E-state index contributed by atoms with van der Waals surface area (Å²) in [6.45, 7) is 0. The molecule has 104 valence electrons. The van der Waals surface area contributed by atoms with E-state index in [1.54, 1.807) is 12.1 Å². The first-order chi connectivity index (χ1) is 9.38. The van der Waals surface area contributed by atoms with Crippen molar-refractivity contribution in [2.24, 2.45) is 0 Å². The van der Waals surface area contributed by atoms with Gasteiger partial charge in [0.2, 0.25) is 5.78 Å². The van der Waals surface area contributed by atoms with Crippen molar-refractivity contribution in [3.8, 4) is 5.75 Å². The van der Waals surface area contributed by atoms with Gasteiger partial charge in [-0.05, 0) is 24.3 Å². The molecule has 2 rings (SSSR count). The average molecular weight is 282 g/mol. The summed E-state index contributed by atoms with van der Waals surface area (Å²) in [7, 11) is 0. The van der Waals surface area contributed by atoms with Gasteiger partial charge in [0.1, 0.15) is 5.69 Å². The number of halogens is 3. The molecule has 0 atom stereocenters. The minimum Gasteiger partial charge on any atom is -0.404 e. The number of alkyl halides is 3. The molecule has 0 aliphatic rings. The number of ketones is 1. The van der Waals surface area contributed by atoms with E-state index in [0.717, 1.165) is 6.07 Å². The molecule has 20 heavy (non-hydrogen) atoms. The molecular formula is C13H9F3N2O2. The van der Waals surface area contributed by atoms with Crippen molar-refractivity contribution in [1.82, 2.24) is 4.98 Å². The monoisotopic (exact) mass is 282 g/mol. The predicted octanol–water partition coefficient (Wildman–Crippen LogP) is 2.79. The molecule has 0 saturated heterocycles. The zero-order valence-corrected chi connectivity index (χ0v) is 10.0. The van der Waals surface area contributed by atoms with E-state index in [9.17, 15) is 18.0 Å². The maximum absolute atomic E-state index is 12.2. The van der Waals surface area contributed by atoms with Gasteiger partial charge in [-0.3, -0.25) is 9.78 Å². The number of para-hydroxylation sites is 1. The molecule has 4 nitrogen and oxygen atoms in total. The minimum absolute atomic E-state index is 0.0864. The highest BCUT2D eigenvalue weighted by Crippen LogP contribution is 2.31. The topological polar surface area (TPSA) is 65.2 Å². The summed E-state index contributed by atoms with van der Waals surface area (Å²) in [5, 5.41) is 0. The fraction of sp³-hybridized carbons (Fsp3) is 0.0769. The summed E-state index contributed by atoms with van der Waals surface area (Å²) in [5.74, 6) is -1.19. The normalized spacial score (nSPS) is 11.2. The maximum Gasteiger partial charge on any atom is 0.573 e. The predicted molar refractivity (Wildman–Crippen MR) is 65.2 cm³/mol. The molecule has 1 aromatic heterocycles. The Morgan fingerprint density at radius 3 is 2.50 bits per heavy atom. The first kappa shape index (κ1) is 13.9. The fourth-order valence-electron chi connectivity index (χ4n) is 1.59. The maximum atomic E-state index is 12.2. The Bertz CT molecular complexity index is 627. The third-order valence-electron chi connectivity index (χ3n) is 2.43. The number of nitrogens with two attached hydrogens (primary N) is 1. The van der Waals surface area contributed by atoms with Crippen molar-refractivity contribution in [3.63, 3.8) is 0 Å². The number of hydrogen-bond donors (Lipinski definition) is 1. The van der Waals surface area contributed by atoms with Crippen LogP contribution in [0.5, 0.6) is 5.75 Å². The lowest BCUT2D eigenvalue weighted by Gasteiger charge is -2.13. The van der Waals surface area contributed by atoms with Crippen molar-refractivity contribution >= 4 is 11.5 Å². The Labute approximate surface area is 112 Å². The van der Waals surface area contributed by atoms with Crippen LogP contribution in [0.3, 0.4) is 0 Å². The van der Waals surface area contributed by atoms with E-state index < -0.39 is 17.9 Å². The van der Waals surface area contributed by atoms with Gasteiger partial charge in [-0.15, -0.1) is 13.2 Å². The van der Waals surface area contributed by atoms with E-state index in [-0.39, 0.29) is 16.9 Å². The van der Waals surface area contributed by atoms with Crippen LogP contribution < -0.4 is 10.5 Å². The van der Waals surface area contributed by atoms with Crippen LogP contribution in [0.15, 0.2) is 42.6 Å². The highest BCUT2D eigenvalue weighted by molar-refractivity contribution is 6.11. The van der Waals surface area contributed by atoms with Gasteiger partial charge in [-0.1, -0.05) is 12.1 Å². The Morgan fingerprint density at radius 2 is 1.90 bits per heavy atom. The first-order valence-electron chi connectivity index (χ1n) is 5.48. The van der Waals surface area contributed by atoms with Gasteiger partial charge in [0.05, 0.1) is 11.3 Å². The molecule has 2 N–H and O–H groups in total. The SMILES string of the molecule is Nc1c(OC(F)(F)F)cccc1C(=O)c1ccccn1. The quantitative estimate of drug-likeness (QED) is 0.694. The number of ether oxygens (including phenoxy) is 1. The molecule has 0 saturated carbocycles. The highest BCUT2D eigenvalue weighted by atomic mass is 19.4. The number of rotatable bonds is 3. The Balaban J connectivity index is 2.39. The molecule has 0 bridgehead atoms. The third kappa shape index (κ3) is 3.05. The van der Waals surface area contributed by atoms with E-state index in [2.05, 4.69) is 9.72 Å². The summed E-state index contributed by atoms with van der Waals surface area (Å²) in [6, 6.07) is 8.26. The third-order valence-corrected chi connectivity index (χ3v) is 2.43. The number of pyridine rings is 1. The van der Waals surface area contributed by atoms with Crippen LogP contribution in [0.25, 0.3) is 0 Å². The number of anilines is 1. The van der Waals surface area contributed by atoms with Gasteiger partial charge in [-0.2, -0.15) is 0 Å². The Hall–Kier alpha value is -2.57. The van der Waals surface area contributed by atoms with Crippen LogP contribution in [0.2, 0.25) is 0 Å². The lowest BCUT2D eigenvalue weighted by Crippen LogP contribution is -2.19. The fourth-order valence-corrected chi connectivity index (χ4v) is 1.59. The number of aromatic nitrogens is 1. The number of nitrogen functional groups attached to an aromatic ring is 1. The zero-order valence-electron chi connectivity index (χ0n) is 10.0. The molecule has 1 heterocycles. The van der Waals surface area contributed by atoms with E-state index in [1.165, 1.54) is 24.4 Å². The van der Waals surface area contributed by atoms with Crippen LogP contribution in [0.4, 0.5) is 18.9 Å². The Morgan fingerprint density at radius 1 is 1.15 bits per heavy atom. The van der Waals surface area contributed by atoms with Crippen LogP contribution >= 0.6 is 0 Å². The van der Waals surface area contributed by atoms with Crippen molar-refractivity contribution in [2.75, 3.05) is 5.73 Å². The van der Waals surface area contributed by atoms with E-state index in [0.29, 0.717) is 0 Å². The molecule has 0 fully saturated rings. The van der Waals surface area contributed by atoms with Gasteiger partial charge >= 0.3 is 6.36 Å². The van der Waals surface area contributed by atoms with Crippen LogP contribution in [0, 0.1) is 0 Å². The van der Waals surface area contributed by atoms with E-state index in [1.807, 2.05) is 0 Å². The summed E-state index contributed by atoms with van der Waals surface area (Å²) in [5.41, 5.74) is 5.17. The molecule has 0 spiro atoms. The van der Waals surface area contributed by atoms with E-state index >= 15 is 0 Å². The molecule has 2 aromatic rings. The molecule has 0 amide bonds. The second kappa shape index (κ2) is 5.20.